The van der Waals surface area contributed by atoms with E-state index < -0.39 is 8.32 Å². The molecule has 0 fully saturated rings. The Bertz CT molecular complexity index is 1080. The topological polar surface area (TPSA) is 18.5 Å². The Balaban J connectivity index is 2.05. The molecule has 0 bridgehead atoms. The molecule has 180 valence electrons. The van der Waals surface area contributed by atoms with Crippen LogP contribution in [0, 0.1) is 0 Å². The Morgan fingerprint density at radius 2 is 1.29 bits per heavy atom. The Labute approximate surface area is 211 Å². The Morgan fingerprint density at radius 3 is 1.76 bits per heavy atom. The predicted octanol–water partition coefficient (Wildman–Crippen LogP) is 9.06. The summed E-state index contributed by atoms with van der Waals surface area (Å²) in [6.45, 7) is 14.1. The first-order valence-corrected chi connectivity index (χ1v) is 15.5. The summed E-state index contributed by atoms with van der Waals surface area (Å²) in [5.41, 5.74) is 6.13. The van der Waals surface area contributed by atoms with Crippen LogP contribution in [0.2, 0.25) is 18.1 Å². The molecule has 0 aliphatic heterocycles. The number of halogens is 1. The van der Waals surface area contributed by atoms with Crippen molar-refractivity contribution < 1.29 is 9.16 Å². The van der Waals surface area contributed by atoms with Crippen molar-refractivity contribution in [2.75, 3.05) is 12.5 Å². The molecule has 3 aromatic carbocycles. The van der Waals surface area contributed by atoms with Crippen LogP contribution < -0.4 is 9.16 Å². The first kappa shape index (κ1) is 26.1. The molecule has 0 saturated heterocycles. The molecule has 34 heavy (non-hydrogen) atoms. The lowest BCUT2D eigenvalue weighted by Crippen LogP contribution is -2.43. The van der Waals surface area contributed by atoms with E-state index in [4.69, 9.17) is 20.8 Å². The molecule has 0 aromatic heterocycles. The minimum absolute atomic E-state index is 0.159. The van der Waals surface area contributed by atoms with Gasteiger partial charge in [-0.15, -0.1) is 11.6 Å². The van der Waals surface area contributed by atoms with Gasteiger partial charge in [0, 0.05) is 0 Å². The van der Waals surface area contributed by atoms with Crippen LogP contribution in [-0.4, -0.2) is 20.8 Å². The van der Waals surface area contributed by atoms with Gasteiger partial charge in [0.2, 0.25) is 8.32 Å². The van der Waals surface area contributed by atoms with E-state index in [-0.39, 0.29) is 5.04 Å². The molecule has 2 nitrogen and oxygen atoms in total. The van der Waals surface area contributed by atoms with Gasteiger partial charge in [0.1, 0.15) is 18.1 Å². The molecule has 3 rings (SSSR count). The van der Waals surface area contributed by atoms with Crippen LogP contribution in [-0.2, 0) is 0 Å². The van der Waals surface area contributed by atoms with Crippen molar-refractivity contribution in [3.8, 4) is 11.5 Å². The molecule has 0 N–H and O–H groups in total. The molecule has 0 unspecified atom stereocenters. The summed E-state index contributed by atoms with van der Waals surface area (Å²) in [6.07, 6.45) is 0.923. The van der Waals surface area contributed by atoms with Crippen molar-refractivity contribution in [1.82, 2.24) is 0 Å². The average molecular weight is 493 g/mol. The number of hydrogen-bond acceptors (Lipinski definition) is 2. The Hall–Kier alpha value is -2.49. The smallest absolute Gasteiger partial charge is 0.250 e. The van der Waals surface area contributed by atoms with Gasteiger partial charge in [-0.3, -0.25) is 0 Å². The molecule has 0 saturated carbocycles. The highest BCUT2D eigenvalue weighted by atomic mass is 35.5. The van der Waals surface area contributed by atoms with Gasteiger partial charge in [-0.2, -0.15) is 0 Å². The highest BCUT2D eigenvalue weighted by Gasteiger charge is 2.38. The van der Waals surface area contributed by atoms with Crippen LogP contribution in [0.1, 0.15) is 50.8 Å². The quantitative estimate of drug-likeness (QED) is 0.168. The number of alkyl halides is 1. The largest absolute Gasteiger partial charge is 0.544 e. The van der Waals surface area contributed by atoms with Crippen LogP contribution in [0.25, 0.3) is 11.1 Å². The van der Waals surface area contributed by atoms with Crippen molar-refractivity contribution in [3.05, 3.63) is 95.6 Å². The van der Waals surface area contributed by atoms with Gasteiger partial charge in [-0.05, 0) is 76.7 Å². The maximum atomic E-state index is 6.53. The fourth-order valence-electron chi connectivity index (χ4n) is 3.69. The van der Waals surface area contributed by atoms with Crippen molar-refractivity contribution >= 4 is 31.1 Å². The van der Waals surface area contributed by atoms with E-state index in [1.165, 1.54) is 22.3 Å². The summed E-state index contributed by atoms with van der Waals surface area (Å²) in [6, 6.07) is 27.6. The van der Waals surface area contributed by atoms with E-state index in [0.717, 1.165) is 23.5 Å². The van der Waals surface area contributed by atoms with Crippen LogP contribution in [0.4, 0.5) is 0 Å². The zero-order valence-electron chi connectivity index (χ0n) is 21.3. The lowest BCUT2D eigenvalue weighted by Gasteiger charge is -2.36. The van der Waals surface area contributed by atoms with Crippen LogP contribution in [0.3, 0.4) is 0 Å². The molecule has 0 heterocycles. The minimum atomic E-state index is -1.89. The van der Waals surface area contributed by atoms with E-state index in [1.807, 2.05) is 12.1 Å². The van der Waals surface area contributed by atoms with Crippen molar-refractivity contribution in [3.63, 3.8) is 0 Å². The van der Waals surface area contributed by atoms with Crippen LogP contribution >= 0.6 is 11.6 Å². The molecule has 3 aromatic rings. The van der Waals surface area contributed by atoms with E-state index in [0.29, 0.717) is 12.5 Å². The van der Waals surface area contributed by atoms with E-state index in [1.54, 1.807) is 0 Å². The third-order valence-corrected chi connectivity index (χ3v) is 11.1. The number of benzene rings is 3. The standard InChI is InChI=1S/C30H37ClO2Si/c1-7-28(23-11-9-8-10-12-23)29(24-13-17-26(18-14-24)32-22-21-31)25-15-19-27(20-16-25)33-34(5,6)30(2,3)4/h8-20H,7,21-22H2,1-6H3. The SMILES string of the molecule is CCC(=C(c1ccc(OCCCl)cc1)c1ccc(O[Si](C)(C)C(C)(C)C)cc1)c1ccccc1. The molecule has 0 atom stereocenters. The summed E-state index contributed by atoms with van der Waals surface area (Å²) in [5, 5.41) is 0.159. The third-order valence-electron chi connectivity index (χ3n) is 6.59. The molecule has 4 heteroatoms. The maximum absolute atomic E-state index is 6.53. The van der Waals surface area contributed by atoms with Gasteiger partial charge in [-0.25, -0.2) is 0 Å². The van der Waals surface area contributed by atoms with Gasteiger partial charge in [0.25, 0.3) is 0 Å². The highest BCUT2D eigenvalue weighted by Crippen LogP contribution is 2.39. The summed E-state index contributed by atoms with van der Waals surface area (Å²) in [4.78, 5) is 0. The maximum Gasteiger partial charge on any atom is 0.250 e. The molecule has 0 amide bonds. The molecular formula is C30H37ClO2Si. The third kappa shape index (κ3) is 6.34. The molecule has 0 spiro atoms. The predicted molar refractivity (Wildman–Crippen MR) is 150 cm³/mol. The monoisotopic (exact) mass is 492 g/mol. The van der Waals surface area contributed by atoms with Gasteiger partial charge in [0.15, 0.2) is 0 Å². The zero-order chi connectivity index (χ0) is 24.8. The first-order chi connectivity index (χ1) is 16.2. The molecule has 0 radical (unpaired) electrons. The number of hydrogen-bond donors (Lipinski definition) is 0. The normalized spacial score (nSPS) is 12.8. The molecular weight excluding hydrogens is 456 g/mol. The summed E-state index contributed by atoms with van der Waals surface area (Å²) >= 11 is 5.78. The average Bonchev–Trinajstić information content (AvgIpc) is 2.82. The summed E-state index contributed by atoms with van der Waals surface area (Å²) < 4.78 is 12.2. The summed E-state index contributed by atoms with van der Waals surface area (Å²) in [5.74, 6) is 2.25. The van der Waals surface area contributed by atoms with Gasteiger partial charge in [0.05, 0.1) is 5.88 Å². The van der Waals surface area contributed by atoms with Crippen molar-refractivity contribution in [2.45, 2.75) is 52.2 Å². The highest BCUT2D eigenvalue weighted by molar-refractivity contribution is 6.74. The minimum Gasteiger partial charge on any atom is -0.544 e. The van der Waals surface area contributed by atoms with E-state index >= 15 is 0 Å². The Morgan fingerprint density at radius 1 is 0.765 bits per heavy atom. The second kappa shape index (κ2) is 11.3. The van der Waals surface area contributed by atoms with Gasteiger partial charge >= 0.3 is 0 Å². The fraction of sp³-hybridized carbons (Fsp3) is 0.333. The Kier molecular flexibility index (Phi) is 8.67. The van der Waals surface area contributed by atoms with E-state index in [2.05, 4.69) is 108 Å². The second-order valence-corrected chi connectivity index (χ2v) is 15.1. The number of ether oxygens (including phenoxy) is 1. The van der Waals surface area contributed by atoms with E-state index in [9.17, 15) is 0 Å². The molecule has 0 aliphatic carbocycles. The summed E-state index contributed by atoms with van der Waals surface area (Å²) in [7, 11) is -1.89. The van der Waals surface area contributed by atoms with Gasteiger partial charge < -0.3 is 9.16 Å². The van der Waals surface area contributed by atoms with Gasteiger partial charge in [-0.1, -0.05) is 82.3 Å². The lowest BCUT2D eigenvalue weighted by atomic mass is 9.88. The number of rotatable bonds is 9. The lowest BCUT2D eigenvalue weighted by molar-refractivity contribution is 0.343. The zero-order valence-corrected chi connectivity index (χ0v) is 23.1. The van der Waals surface area contributed by atoms with Crippen molar-refractivity contribution in [2.24, 2.45) is 0 Å². The number of allylic oxidation sites excluding steroid dienone is 1. The van der Waals surface area contributed by atoms with Crippen molar-refractivity contribution in [1.29, 1.82) is 0 Å². The fourth-order valence-corrected chi connectivity index (χ4v) is 4.80. The second-order valence-electron chi connectivity index (χ2n) is 10.0. The molecule has 0 aliphatic rings. The van der Waals surface area contributed by atoms with Crippen LogP contribution in [0.5, 0.6) is 11.5 Å². The van der Waals surface area contributed by atoms with Crippen LogP contribution in [0.15, 0.2) is 78.9 Å². The first-order valence-electron chi connectivity index (χ1n) is 12.0.